The van der Waals surface area contributed by atoms with Crippen LogP contribution in [-0.2, 0) is 28.8 Å². The van der Waals surface area contributed by atoms with E-state index in [0.29, 0.717) is 51.5 Å². The highest BCUT2D eigenvalue weighted by atomic mass is 16.1. The van der Waals surface area contributed by atoms with Crippen LogP contribution in [0.2, 0.25) is 0 Å². The molecule has 4 unspecified atom stereocenters. The van der Waals surface area contributed by atoms with Gasteiger partial charge in [-0.3, -0.25) is 0 Å². The molecule has 0 bridgehead atoms. The fourth-order valence-corrected chi connectivity index (χ4v) is 4.62. The van der Waals surface area contributed by atoms with Gasteiger partial charge in [0.15, 0.2) is 0 Å². The standard InChI is InChI=1S/C24H32N6O6/c1-3-23(29-19-35,14-21(2)27-17-33)24(30-20-36,11-7-5-9-13-26-16-32)22(28-18-34)10-6-4-8-12-25-15-31/h21-22H,3-14H2,1-2H3. The number of isocyanates is 6. The van der Waals surface area contributed by atoms with Gasteiger partial charge in [0.2, 0.25) is 36.5 Å². The number of nitrogens with zero attached hydrogens (tertiary/aromatic N) is 6. The summed E-state index contributed by atoms with van der Waals surface area (Å²) in [5.74, 6) is 0. The van der Waals surface area contributed by atoms with E-state index in [-0.39, 0.29) is 25.8 Å². The summed E-state index contributed by atoms with van der Waals surface area (Å²) in [6.45, 7) is 3.96. The molecule has 0 aliphatic rings. The monoisotopic (exact) mass is 500 g/mol. The maximum Gasteiger partial charge on any atom is 0.235 e. The van der Waals surface area contributed by atoms with Crippen molar-refractivity contribution in [2.24, 2.45) is 30.0 Å². The number of aliphatic imine (C=N–C) groups is 6. The van der Waals surface area contributed by atoms with Gasteiger partial charge in [-0.05, 0) is 45.4 Å². The normalized spacial score (nSPS) is 14.8. The Kier molecular flexibility index (Phi) is 17.5. The van der Waals surface area contributed by atoms with Gasteiger partial charge in [-0.1, -0.05) is 32.6 Å². The first-order chi connectivity index (χ1) is 17.5. The van der Waals surface area contributed by atoms with Crippen LogP contribution in [0, 0.1) is 0 Å². The molecule has 0 aromatic carbocycles. The van der Waals surface area contributed by atoms with Gasteiger partial charge in [0.05, 0.1) is 25.2 Å². The number of carbonyl (C=O) groups excluding carboxylic acids is 6. The quantitative estimate of drug-likeness (QED) is 0.133. The van der Waals surface area contributed by atoms with Gasteiger partial charge >= 0.3 is 0 Å². The molecule has 0 aliphatic heterocycles. The third kappa shape index (κ3) is 10.3. The second kappa shape index (κ2) is 19.6. The van der Waals surface area contributed by atoms with Crippen LogP contribution in [0.3, 0.4) is 0 Å². The van der Waals surface area contributed by atoms with Crippen molar-refractivity contribution in [3.63, 3.8) is 0 Å². The summed E-state index contributed by atoms with van der Waals surface area (Å²) in [5.41, 5.74) is -2.88. The lowest BCUT2D eigenvalue weighted by atomic mass is 9.64. The second-order valence-electron chi connectivity index (χ2n) is 8.33. The lowest BCUT2D eigenvalue weighted by Gasteiger charge is -2.47. The summed E-state index contributed by atoms with van der Waals surface area (Å²) in [7, 11) is 0. The van der Waals surface area contributed by atoms with Gasteiger partial charge in [0.25, 0.3) is 0 Å². The van der Waals surface area contributed by atoms with Crippen molar-refractivity contribution in [3.8, 4) is 0 Å². The van der Waals surface area contributed by atoms with Gasteiger partial charge in [-0.25, -0.2) is 43.7 Å². The second-order valence-corrected chi connectivity index (χ2v) is 8.33. The lowest BCUT2D eigenvalue weighted by Crippen LogP contribution is -2.59. The van der Waals surface area contributed by atoms with E-state index < -0.39 is 23.2 Å². The van der Waals surface area contributed by atoms with Gasteiger partial charge < -0.3 is 0 Å². The van der Waals surface area contributed by atoms with Crippen LogP contribution in [-0.4, -0.2) is 72.7 Å². The SMILES string of the molecule is CCC(CC(C)N=C=O)(N=C=O)C(CCCCCN=C=O)(N=C=O)C(CCCCCN=C=O)N=C=O. The molecule has 0 saturated heterocycles. The Labute approximate surface area is 209 Å². The molecular formula is C24H32N6O6. The van der Waals surface area contributed by atoms with Crippen LogP contribution in [0.4, 0.5) is 0 Å². The van der Waals surface area contributed by atoms with Crippen LogP contribution in [0.1, 0.15) is 78.1 Å². The average Bonchev–Trinajstić information content (AvgIpc) is 2.86. The summed E-state index contributed by atoms with van der Waals surface area (Å²) in [5, 5.41) is 0. The predicted octanol–water partition coefficient (Wildman–Crippen LogP) is 3.16. The highest BCUT2D eigenvalue weighted by Crippen LogP contribution is 2.46. The molecule has 0 saturated carbocycles. The third-order valence-corrected chi connectivity index (χ3v) is 6.27. The molecule has 0 aliphatic carbocycles. The molecule has 4 atom stereocenters. The zero-order valence-electron chi connectivity index (χ0n) is 20.8. The topological polar surface area (TPSA) is 177 Å². The van der Waals surface area contributed by atoms with Gasteiger partial charge in [0, 0.05) is 0 Å². The fourth-order valence-electron chi connectivity index (χ4n) is 4.62. The molecule has 12 heteroatoms. The number of hydrogen-bond acceptors (Lipinski definition) is 12. The number of rotatable bonds is 21. The minimum atomic E-state index is -1.49. The predicted molar refractivity (Wildman–Crippen MR) is 129 cm³/mol. The van der Waals surface area contributed by atoms with Crippen LogP contribution in [0.5, 0.6) is 0 Å². The van der Waals surface area contributed by atoms with Gasteiger partial charge in [-0.2, -0.15) is 15.0 Å². The first-order valence-electron chi connectivity index (χ1n) is 11.9. The zero-order valence-corrected chi connectivity index (χ0v) is 20.8. The number of hydrogen-bond donors (Lipinski definition) is 0. The molecule has 0 N–H and O–H groups in total. The smallest absolute Gasteiger partial charge is 0.211 e. The molecular weight excluding hydrogens is 468 g/mol. The highest BCUT2D eigenvalue weighted by molar-refractivity contribution is 5.43. The van der Waals surface area contributed by atoms with E-state index >= 15 is 0 Å². The van der Waals surface area contributed by atoms with E-state index in [1.165, 1.54) is 18.2 Å². The molecule has 0 heterocycles. The Bertz CT molecular complexity index is 966. The summed E-state index contributed by atoms with van der Waals surface area (Å²) in [6.07, 6.45) is 13.3. The van der Waals surface area contributed by atoms with Gasteiger partial charge in [-0.15, -0.1) is 0 Å². The summed E-state index contributed by atoms with van der Waals surface area (Å²) in [4.78, 5) is 89.3. The number of unbranched alkanes of at least 4 members (excludes halogenated alkanes) is 4. The molecule has 0 aromatic heterocycles. The summed E-state index contributed by atoms with van der Waals surface area (Å²) < 4.78 is 0. The third-order valence-electron chi connectivity index (χ3n) is 6.27. The Balaban J connectivity index is 6.57. The van der Waals surface area contributed by atoms with E-state index in [4.69, 9.17) is 0 Å². The maximum absolute atomic E-state index is 11.8. The average molecular weight is 501 g/mol. The Morgan fingerprint density at radius 2 is 1.25 bits per heavy atom. The van der Waals surface area contributed by atoms with E-state index in [1.807, 2.05) is 0 Å². The van der Waals surface area contributed by atoms with Crippen molar-refractivity contribution in [2.45, 2.75) is 101 Å². The van der Waals surface area contributed by atoms with Crippen molar-refractivity contribution in [1.29, 1.82) is 0 Å². The van der Waals surface area contributed by atoms with E-state index in [0.717, 1.165) is 0 Å². The summed E-state index contributed by atoms with van der Waals surface area (Å²) >= 11 is 0. The highest BCUT2D eigenvalue weighted by Gasteiger charge is 2.56. The lowest BCUT2D eigenvalue weighted by molar-refractivity contribution is 0.139. The molecule has 0 radical (unpaired) electrons. The Hall–Kier alpha value is -3.72. The van der Waals surface area contributed by atoms with E-state index in [1.54, 1.807) is 32.1 Å². The molecule has 36 heavy (non-hydrogen) atoms. The molecule has 0 spiro atoms. The summed E-state index contributed by atoms with van der Waals surface area (Å²) in [6, 6.07) is -1.53. The van der Waals surface area contributed by atoms with Crippen LogP contribution in [0.25, 0.3) is 0 Å². The first kappa shape index (κ1) is 32.3. The van der Waals surface area contributed by atoms with Crippen molar-refractivity contribution in [1.82, 2.24) is 0 Å². The fraction of sp³-hybridized carbons (Fsp3) is 0.750. The van der Waals surface area contributed by atoms with Crippen molar-refractivity contribution >= 4 is 36.5 Å². The van der Waals surface area contributed by atoms with Crippen LogP contribution >= 0.6 is 0 Å². The van der Waals surface area contributed by atoms with Crippen molar-refractivity contribution in [2.75, 3.05) is 13.1 Å². The minimum absolute atomic E-state index is 0.0352. The molecule has 194 valence electrons. The first-order valence-corrected chi connectivity index (χ1v) is 11.9. The van der Waals surface area contributed by atoms with E-state index in [9.17, 15) is 28.8 Å². The Morgan fingerprint density at radius 3 is 1.75 bits per heavy atom. The maximum atomic E-state index is 11.8. The molecule has 0 amide bonds. The molecule has 0 fully saturated rings. The van der Waals surface area contributed by atoms with Crippen molar-refractivity contribution in [3.05, 3.63) is 0 Å². The van der Waals surface area contributed by atoms with Gasteiger partial charge in [0.1, 0.15) is 11.1 Å². The molecule has 0 aromatic rings. The van der Waals surface area contributed by atoms with Crippen LogP contribution in [0.15, 0.2) is 30.0 Å². The van der Waals surface area contributed by atoms with Crippen LogP contribution < -0.4 is 0 Å². The largest absolute Gasteiger partial charge is 0.235 e. The minimum Gasteiger partial charge on any atom is -0.211 e. The molecule has 0 rings (SSSR count). The zero-order chi connectivity index (χ0) is 27.1. The molecule has 12 nitrogen and oxygen atoms in total. The van der Waals surface area contributed by atoms with E-state index in [2.05, 4.69) is 30.0 Å². The van der Waals surface area contributed by atoms with Crippen molar-refractivity contribution < 1.29 is 28.8 Å². The Morgan fingerprint density at radius 1 is 0.667 bits per heavy atom.